The van der Waals surface area contributed by atoms with Crippen LogP contribution in [-0.2, 0) is 16.6 Å². The molecule has 162 valence electrons. The number of nitrogens with one attached hydrogen (secondary N) is 1. The molecule has 1 saturated carbocycles. The van der Waals surface area contributed by atoms with Gasteiger partial charge in [-0.25, -0.2) is 4.98 Å². The molecule has 8 nitrogen and oxygen atoms in total. The van der Waals surface area contributed by atoms with Gasteiger partial charge < -0.3 is 24.1 Å². The van der Waals surface area contributed by atoms with E-state index in [2.05, 4.69) is 10.3 Å². The third-order valence-corrected chi connectivity index (χ3v) is 5.39. The standard InChI is InChI=1S/C22H29N3O5/c1-5-29-20-12-15(6-9-19(20)28-4)17-13-16(30-14(2)26)7-8-18(17)24-22(27)21-23-10-11-25(21)3/h6,9-12,16-18H,5,7-8,13H2,1-4H3,(H,24,27). The highest BCUT2D eigenvalue weighted by Crippen LogP contribution is 2.38. The third kappa shape index (κ3) is 4.93. The number of rotatable bonds is 7. The summed E-state index contributed by atoms with van der Waals surface area (Å²) in [5.74, 6) is 1.11. The van der Waals surface area contributed by atoms with Crippen molar-refractivity contribution in [3.8, 4) is 11.5 Å². The first-order chi connectivity index (χ1) is 14.4. The maximum Gasteiger partial charge on any atom is 0.302 e. The van der Waals surface area contributed by atoms with Crippen molar-refractivity contribution in [2.45, 2.75) is 51.2 Å². The first-order valence-corrected chi connectivity index (χ1v) is 10.2. The Morgan fingerprint density at radius 2 is 2.07 bits per heavy atom. The van der Waals surface area contributed by atoms with Crippen molar-refractivity contribution in [2.75, 3.05) is 13.7 Å². The second-order valence-corrected chi connectivity index (χ2v) is 7.44. The molecule has 1 amide bonds. The van der Waals surface area contributed by atoms with Gasteiger partial charge in [0.2, 0.25) is 0 Å². The number of aromatic nitrogens is 2. The molecule has 0 aliphatic heterocycles. The second kappa shape index (κ2) is 9.65. The van der Waals surface area contributed by atoms with Gasteiger partial charge in [-0.2, -0.15) is 0 Å². The topological polar surface area (TPSA) is 91.7 Å². The van der Waals surface area contributed by atoms with Gasteiger partial charge in [0, 0.05) is 38.3 Å². The summed E-state index contributed by atoms with van der Waals surface area (Å²) >= 11 is 0. The molecule has 1 heterocycles. The number of nitrogens with zero attached hydrogens (tertiary/aromatic N) is 2. The molecule has 8 heteroatoms. The highest BCUT2D eigenvalue weighted by atomic mass is 16.5. The summed E-state index contributed by atoms with van der Waals surface area (Å²) in [4.78, 5) is 28.4. The molecule has 30 heavy (non-hydrogen) atoms. The van der Waals surface area contributed by atoms with Crippen LogP contribution in [0.2, 0.25) is 0 Å². The summed E-state index contributed by atoms with van der Waals surface area (Å²) in [5, 5.41) is 3.13. The number of methoxy groups -OCH3 is 1. The van der Waals surface area contributed by atoms with Crippen molar-refractivity contribution < 1.29 is 23.8 Å². The Hall–Kier alpha value is -3.03. The normalized spacial score (nSPS) is 21.0. The zero-order chi connectivity index (χ0) is 21.7. The van der Waals surface area contributed by atoms with Crippen molar-refractivity contribution in [1.82, 2.24) is 14.9 Å². The quantitative estimate of drug-likeness (QED) is 0.699. The zero-order valence-corrected chi connectivity index (χ0v) is 17.9. The molecule has 1 aliphatic carbocycles. The summed E-state index contributed by atoms with van der Waals surface area (Å²) in [6.07, 6.45) is 5.14. The molecule has 2 aromatic rings. The van der Waals surface area contributed by atoms with Crippen molar-refractivity contribution >= 4 is 11.9 Å². The molecule has 0 bridgehead atoms. The van der Waals surface area contributed by atoms with Crippen LogP contribution in [0.3, 0.4) is 0 Å². The van der Waals surface area contributed by atoms with Gasteiger partial charge in [0.05, 0.1) is 13.7 Å². The van der Waals surface area contributed by atoms with Crippen molar-refractivity contribution in [1.29, 1.82) is 0 Å². The van der Waals surface area contributed by atoms with Crippen LogP contribution < -0.4 is 14.8 Å². The lowest BCUT2D eigenvalue weighted by Crippen LogP contribution is -2.45. The number of benzene rings is 1. The predicted molar refractivity (Wildman–Crippen MR) is 111 cm³/mol. The molecular weight excluding hydrogens is 386 g/mol. The molecule has 3 rings (SSSR count). The Bertz CT molecular complexity index is 895. The Labute approximate surface area is 176 Å². The van der Waals surface area contributed by atoms with E-state index < -0.39 is 0 Å². The number of aryl methyl sites for hydroxylation is 1. The van der Waals surface area contributed by atoms with Crippen LogP contribution in [0.4, 0.5) is 0 Å². The highest BCUT2D eigenvalue weighted by Gasteiger charge is 2.35. The fourth-order valence-electron chi connectivity index (χ4n) is 4.02. The molecule has 1 N–H and O–H groups in total. The molecule has 0 radical (unpaired) electrons. The number of carbonyl (C=O) groups excluding carboxylic acids is 2. The molecule has 3 unspecified atom stereocenters. The number of imidazole rings is 1. The predicted octanol–water partition coefficient (Wildman–Crippen LogP) is 2.83. The number of ether oxygens (including phenoxy) is 3. The van der Waals surface area contributed by atoms with Gasteiger partial charge in [-0.3, -0.25) is 9.59 Å². The van der Waals surface area contributed by atoms with Gasteiger partial charge in [0.25, 0.3) is 5.91 Å². The van der Waals surface area contributed by atoms with Crippen LogP contribution in [0.25, 0.3) is 0 Å². The summed E-state index contributed by atoms with van der Waals surface area (Å²) in [6.45, 7) is 3.85. The van der Waals surface area contributed by atoms with Crippen molar-refractivity contribution in [3.63, 3.8) is 0 Å². The number of hydrogen-bond donors (Lipinski definition) is 1. The lowest BCUT2D eigenvalue weighted by atomic mass is 9.78. The van der Waals surface area contributed by atoms with E-state index in [0.717, 1.165) is 5.56 Å². The Balaban J connectivity index is 1.87. The average molecular weight is 415 g/mol. The SMILES string of the molecule is CCOc1cc(C2CC(OC(C)=O)CCC2NC(=O)c2nccn2C)ccc1OC. The van der Waals surface area contributed by atoms with Crippen molar-refractivity contribution in [3.05, 3.63) is 42.0 Å². The number of esters is 1. The third-order valence-electron chi connectivity index (χ3n) is 5.39. The molecule has 1 aliphatic rings. The molecule has 1 fully saturated rings. The summed E-state index contributed by atoms with van der Waals surface area (Å²) < 4.78 is 18.3. The first-order valence-electron chi connectivity index (χ1n) is 10.2. The van der Waals surface area contributed by atoms with Gasteiger partial charge in [-0.1, -0.05) is 6.07 Å². The van der Waals surface area contributed by atoms with E-state index in [9.17, 15) is 9.59 Å². The van der Waals surface area contributed by atoms with E-state index in [1.165, 1.54) is 6.92 Å². The van der Waals surface area contributed by atoms with Gasteiger partial charge >= 0.3 is 5.97 Å². The maximum absolute atomic E-state index is 12.8. The van der Waals surface area contributed by atoms with E-state index in [1.807, 2.05) is 25.1 Å². The Morgan fingerprint density at radius 1 is 1.27 bits per heavy atom. The minimum atomic E-state index is -0.293. The Morgan fingerprint density at radius 3 is 2.70 bits per heavy atom. The summed E-state index contributed by atoms with van der Waals surface area (Å²) in [5.41, 5.74) is 1.00. The first kappa shape index (κ1) is 21.7. The van der Waals surface area contributed by atoms with E-state index in [1.54, 1.807) is 31.1 Å². The van der Waals surface area contributed by atoms with Gasteiger partial charge in [0.1, 0.15) is 6.10 Å². The Kier molecular flexibility index (Phi) is 6.97. The lowest BCUT2D eigenvalue weighted by Gasteiger charge is -2.36. The van der Waals surface area contributed by atoms with Crippen LogP contribution in [0.15, 0.2) is 30.6 Å². The highest BCUT2D eigenvalue weighted by molar-refractivity contribution is 5.91. The largest absolute Gasteiger partial charge is 0.493 e. The van der Waals surface area contributed by atoms with Gasteiger partial charge in [-0.15, -0.1) is 0 Å². The number of amides is 1. The fraction of sp³-hybridized carbons (Fsp3) is 0.500. The molecule has 0 spiro atoms. The number of hydrogen-bond acceptors (Lipinski definition) is 6. The van der Waals surface area contributed by atoms with Crippen LogP contribution in [0, 0.1) is 0 Å². The summed E-state index contributed by atoms with van der Waals surface area (Å²) in [7, 11) is 3.39. The average Bonchev–Trinajstić information content (AvgIpc) is 3.15. The zero-order valence-electron chi connectivity index (χ0n) is 17.9. The molecule has 1 aromatic heterocycles. The monoisotopic (exact) mass is 415 g/mol. The van der Waals surface area contributed by atoms with Gasteiger partial charge in [0.15, 0.2) is 17.3 Å². The van der Waals surface area contributed by atoms with Crippen LogP contribution >= 0.6 is 0 Å². The second-order valence-electron chi connectivity index (χ2n) is 7.44. The van der Waals surface area contributed by atoms with Gasteiger partial charge in [-0.05, 0) is 43.9 Å². The fourth-order valence-corrected chi connectivity index (χ4v) is 4.02. The van der Waals surface area contributed by atoms with Crippen molar-refractivity contribution in [2.24, 2.45) is 7.05 Å². The minimum absolute atomic E-state index is 0.0440. The minimum Gasteiger partial charge on any atom is -0.493 e. The van der Waals surface area contributed by atoms with Crippen LogP contribution in [-0.4, -0.2) is 47.3 Å². The molecule has 1 aromatic carbocycles. The number of carbonyl (C=O) groups is 2. The van der Waals surface area contributed by atoms with E-state index >= 15 is 0 Å². The van der Waals surface area contributed by atoms with Crippen LogP contribution in [0.1, 0.15) is 55.2 Å². The molecule has 0 saturated heterocycles. The van der Waals surface area contributed by atoms with E-state index in [0.29, 0.717) is 43.2 Å². The molecule has 3 atom stereocenters. The van der Waals surface area contributed by atoms with Crippen LogP contribution in [0.5, 0.6) is 11.5 Å². The van der Waals surface area contributed by atoms with E-state index in [4.69, 9.17) is 14.2 Å². The smallest absolute Gasteiger partial charge is 0.302 e. The molecular formula is C22H29N3O5. The maximum atomic E-state index is 12.8. The summed E-state index contributed by atoms with van der Waals surface area (Å²) in [6, 6.07) is 5.67. The van der Waals surface area contributed by atoms with E-state index in [-0.39, 0.29) is 29.9 Å². The lowest BCUT2D eigenvalue weighted by molar-refractivity contribution is -0.148.